The monoisotopic (exact) mass is 438 g/mol. The first-order valence-electron chi connectivity index (χ1n) is 11.2. The maximum absolute atomic E-state index is 12.1. The lowest BCUT2D eigenvalue weighted by molar-refractivity contribution is 0.221. The van der Waals surface area contributed by atoms with Gasteiger partial charge in [-0.3, -0.25) is 14.3 Å². The van der Waals surface area contributed by atoms with Crippen LogP contribution in [0.1, 0.15) is 47.6 Å². The van der Waals surface area contributed by atoms with E-state index in [0.29, 0.717) is 6.42 Å². The number of nitrogens with zero attached hydrogens (tertiary/aromatic N) is 4. The molecule has 0 amide bonds. The molecular weight excluding hydrogens is 412 g/mol. The van der Waals surface area contributed by atoms with Crippen LogP contribution in [0.4, 0.5) is 0 Å². The van der Waals surface area contributed by atoms with Gasteiger partial charge in [0.1, 0.15) is 6.04 Å². The third-order valence-electron chi connectivity index (χ3n) is 5.87. The molecule has 166 valence electrons. The standard InChI is InChI=1S/C27H26N4O2/c28-17-25(31-20-29-18-26(32)27(31)33)16-23-10-6-21(7-11-23)4-5-22-8-12-24(13-9-22)19-30-14-2-1-3-15-30/h6-13,18,20,25,32H,1-3,14-16,19H2. The van der Waals surface area contributed by atoms with Crippen LogP contribution >= 0.6 is 0 Å². The lowest BCUT2D eigenvalue weighted by atomic mass is 10.0. The molecule has 1 saturated heterocycles. The molecule has 4 rings (SSSR count). The number of benzene rings is 2. The second-order valence-corrected chi connectivity index (χ2v) is 8.32. The van der Waals surface area contributed by atoms with Gasteiger partial charge in [0.2, 0.25) is 0 Å². The van der Waals surface area contributed by atoms with Crippen molar-refractivity contribution >= 4 is 0 Å². The Morgan fingerprint density at radius 3 is 2.15 bits per heavy atom. The molecule has 0 spiro atoms. The minimum absolute atomic E-state index is 0.327. The molecule has 0 bridgehead atoms. The third kappa shape index (κ3) is 5.88. The summed E-state index contributed by atoms with van der Waals surface area (Å²) in [6, 6.07) is 17.4. The highest BCUT2D eigenvalue weighted by Gasteiger charge is 2.14. The molecular formula is C27H26N4O2. The van der Waals surface area contributed by atoms with Gasteiger partial charge in [0.05, 0.1) is 18.6 Å². The summed E-state index contributed by atoms with van der Waals surface area (Å²) >= 11 is 0. The predicted molar refractivity (Wildman–Crippen MR) is 127 cm³/mol. The van der Waals surface area contributed by atoms with Gasteiger partial charge in [-0.05, 0) is 61.3 Å². The molecule has 0 aliphatic carbocycles. The van der Waals surface area contributed by atoms with Crippen molar-refractivity contribution in [2.24, 2.45) is 0 Å². The number of likely N-dealkylation sites (tertiary alicyclic amines) is 1. The molecule has 2 heterocycles. The summed E-state index contributed by atoms with van der Waals surface area (Å²) in [4.78, 5) is 18.4. The highest BCUT2D eigenvalue weighted by molar-refractivity contribution is 5.44. The number of aromatic nitrogens is 2. The normalized spacial score (nSPS) is 14.6. The Morgan fingerprint density at radius 2 is 1.55 bits per heavy atom. The highest BCUT2D eigenvalue weighted by Crippen LogP contribution is 2.15. The zero-order chi connectivity index (χ0) is 23.0. The molecule has 6 heteroatoms. The molecule has 6 nitrogen and oxygen atoms in total. The Hall–Kier alpha value is -3.87. The van der Waals surface area contributed by atoms with Gasteiger partial charge in [0, 0.05) is 24.1 Å². The zero-order valence-corrected chi connectivity index (χ0v) is 18.4. The van der Waals surface area contributed by atoms with Crippen molar-refractivity contribution in [3.8, 4) is 23.7 Å². The van der Waals surface area contributed by atoms with Crippen molar-refractivity contribution in [3.05, 3.63) is 93.7 Å². The first-order chi connectivity index (χ1) is 16.1. The predicted octanol–water partition coefficient (Wildman–Crippen LogP) is 3.64. The van der Waals surface area contributed by atoms with Gasteiger partial charge in [-0.2, -0.15) is 5.26 Å². The summed E-state index contributed by atoms with van der Waals surface area (Å²) < 4.78 is 1.15. The Balaban J connectivity index is 1.38. The van der Waals surface area contributed by atoms with Crippen LogP contribution in [0.3, 0.4) is 0 Å². The molecule has 0 radical (unpaired) electrons. The van der Waals surface area contributed by atoms with Crippen molar-refractivity contribution in [2.45, 2.75) is 38.3 Å². The van der Waals surface area contributed by atoms with Crippen molar-refractivity contribution in [3.63, 3.8) is 0 Å². The fourth-order valence-electron chi connectivity index (χ4n) is 4.00. The van der Waals surface area contributed by atoms with Crippen LogP contribution in [0.25, 0.3) is 0 Å². The second kappa shape index (κ2) is 10.6. The summed E-state index contributed by atoms with van der Waals surface area (Å²) in [5.74, 6) is 5.92. The Morgan fingerprint density at radius 1 is 0.939 bits per heavy atom. The van der Waals surface area contributed by atoms with Crippen molar-refractivity contribution in [2.75, 3.05) is 13.1 Å². The van der Waals surface area contributed by atoms with Gasteiger partial charge in [-0.1, -0.05) is 42.5 Å². The molecule has 33 heavy (non-hydrogen) atoms. The van der Waals surface area contributed by atoms with E-state index in [4.69, 9.17) is 0 Å². The number of piperidine rings is 1. The molecule has 1 fully saturated rings. The largest absolute Gasteiger partial charge is 0.502 e. The van der Waals surface area contributed by atoms with Gasteiger partial charge in [0.15, 0.2) is 5.75 Å². The van der Waals surface area contributed by atoms with E-state index >= 15 is 0 Å². The Labute approximate surface area is 193 Å². The molecule has 1 aromatic heterocycles. The van der Waals surface area contributed by atoms with Crippen LogP contribution in [0.2, 0.25) is 0 Å². The van der Waals surface area contributed by atoms with Gasteiger partial charge in [-0.15, -0.1) is 0 Å². The summed E-state index contributed by atoms with van der Waals surface area (Å²) in [5.41, 5.74) is 3.44. The number of hydrogen-bond donors (Lipinski definition) is 1. The molecule has 1 unspecified atom stereocenters. The van der Waals surface area contributed by atoms with E-state index < -0.39 is 17.4 Å². The minimum atomic E-state index is -0.752. The highest BCUT2D eigenvalue weighted by atomic mass is 16.3. The summed E-state index contributed by atoms with van der Waals surface area (Å²) in [7, 11) is 0. The van der Waals surface area contributed by atoms with Crippen molar-refractivity contribution in [1.82, 2.24) is 14.5 Å². The maximum Gasteiger partial charge on any atom is 0.296 e. The Bertz CT molecular complexity index is 1240. The first-order valence-corrected chi connectivity index (χ1v) is 11.2. The minimum Gasteiger partial charge on any atom is -0.502 e. The molecule has 1 aliphatic heterocycles. The van der Waals surface area contributed by atoms with Crippen LogP contribution in [0.5, 0.6) is 5.75 Å². The molecule has 1 atom stereocenters. The number of aromatic hydroxyl groups is 1. The van der Waals surface area contributed by atoms with E-state index in [1.54, 1.807) is 0 Å². The summed E-state index contributed by atoms with van der Waals surface area (Å²) in [6.07, 6.45) is 6.61. The number of hydrogen-bond acceptors (Lipinski definition) is 5. The second-order valence-electron chi connectivity index (χ2n) is 8.32. The fraction of sp³-hybridized carbons (Fsp3) is 0.296. The van der Waals surface area contributed by atoms with Crippen LogP contribution in [-0.4, -0.2) is 32.6 Å². The van der Waals surface area contributed by atoms with Gasteiger partial charge in [-0.25, -0.2) is 4.98 Å². The quantitative estimate of drug-likeness (QED) is 0.615. The molecule has 0 saturated carbocycles. The van der Waals surface area contributed by atoms with Crippen LogP contribution < -0.4 is 5.56 Å². The van der Waals surface area contributed by atoms with E-state index in [0.717, 1.165) is 34.0 Å². The average Bonchev–Trinajstić information content (AvgIpc) is 2.85. The van der Waals surface area contributed by atoms with Crippen LogP contribution in [0.15, 0.2) is 65.8 Å². The van der Waals surface area contributed by atoms with Crippen LogP contribution in [-0.2, 0) is 13.0 Å². The lowest BCUT2D eigenvalue weighted by Gasteiger charge is -2.26. The molecule has 2 aromatic carbocycles. The van der Waals surface area contributed by atoms with Gasteiger partial charge in [0.25, 0.3) is 5.56 Å². The zero-order valence-electron chi connectivity index (χ0n) is 18.4. The number of rotatable bonds is 5. The summed E-state index contributed by atoms with van der Waals surface area (Å²) in [6.45, 7) is 3.38. The van der Waals surface area contributed by atoms with E-state index in [1.165, 1.54) is 44.2 Å². The van der Waals surface area contributed by atoms with Gasteiger partial charge < -0.3 is 5.11 Å². The van der Waals surface area contributed by atoms with E-state index in [-0.39, 0.29) is 0 Å². The smallest absolute Gasteiger partial charge is 0.296 e. The van der Waals surface area contributed by atoms with Crippen LogP contribution in [0, 0.1) is 23.2 Å². The number of nitriles is 1. The van der Waals surface area contributed by atoms with E-state index in [1.807, 2.05) is 24.3 Å². The fourth-order valence-corrected chi connectivity index (χ4v) is 4.00. The Kier molecular flexibility index (Phi) is 7.19. The average molecular weight is 439 g/mol. The third-order valence-corrected chi connectivity index (χ3v) is 5.87. The summed E-state index contributed by atoms with van der Waals surface area (Å²) in [5, 5.41) is 19.1. The molecule has 1 N–H and O–H groups in total. The van der Waals surface area contributed by atoms with E-state index in [2.05, 4.69) is 52.1 Å². The molecule has 1 aliphatic rings. The maximum atomic E-state index is 12.1. The SMILES string of the molecule is N#CC(Cc1ccc(C#Cc2ccc(CN3CCCCC3)cc2)cc1)n1cncc(O)c1=O. The first kappa shape index (κ1) is 22.3. The van der Waals surface area contributed by atoms with Crippen molar-refractivity contribution < 1.29 is 5.11 Å². The van der Waals surface area contributed by atoms with E-state index in [9.17, 15) is 15.2 Å². The lowest BCUT2D eigenvalue weighted by Crippen LogP contribution is -2.29. The topological polar surface area (TPSA) is 82.2 Å². The van der Waals surface area contributed by atoms with Gasteiger partial charge >= 0.3 is 0 Å². The molecule has 3 aromatic rings. The van der Waals surface area contributed by atoms with Crippen molar-refractivity contribution in [1.29, 1.82) is 5.26 Å².